The molecule has 1 aliphatic heterocycles. The van der Waals surface area contributed by atoms with Crippen LogP contribution in [0.1, 0.15) is 68.6 Å². The van der Waals surface area contributed by atoms with E-state index >= 15 is 0 Å². The molecule has 4 rings (SSSR count). The zero-order valence-electron chi connectivity index (χ0n) is 18.6. The Morgan fingerprint density at radius 2 is 2.03 bits per heavy atom. The molecule has 0 fully saturated rings. The number of amides is 1. The van der Waals surface area contributed by atoms with Gasteiger partial charge < -0.3 is 9.32 Å². The Morgan fingerprint density at radius 3 is 2.77 bits per heavy atom. The van der Waals surface area contributed by atoms with Crippen LogP contribution in [0.5, 0.6) is 0 Å². The second-order valence-electron chi connectivity index (χ2n) is 9.19. The Hall–Kier alpha value is -2.79. The number of rotatable bonds is 4. The topological polar surface area (TPSA) is 57.8 Å². The maximum absolute atomic E-state index is 12.4. The summed E-state index contributed by atoms with van der Waals surface area (Å²) in [5.41, 5.74) is 6.82. The quantitative estimate of drug-likeness (QED) is 0.382. The molecule has 1 aliphatic rings. The third-order valence-electron chi connectivity index (χ3n) is 5.90. The first-order valence-electron chi connectivity index (χ1n) is 10.6. The van der Waals surface area contributed by atoms with E-state index in [4.69, 9.17) is 16.0 Å². The lowest BCUT2D eigenvalue weighted by molar-refractivity contribution is 0.0929. The first kappa shape index (κ1) is 21.4. The third-order valence-corrected chi connectivity index (χ3v) is 6.13. The molecule has 31 heavy (non-hydrogen) atoms. The fourth-order valence-electron chi connectivity index (χ4n) is 4.87. The van der Waals surface area contributed by atoms with E-state index in [1.54, 1.807) is 30.5 Å². The summed E-state index contributed by atoms with van der Waals surface area (Å²) in [7, 11) is 0. The summed E-state index contributed by atoms with van der Waals surface area (Å²) in [4.78, 5) is 14.9. The summed E-state index contributed by atoms with van der Waals surface area (Å²) in [6.45, 7) is 11.4. The SMILES string of the molecule is CC(C)N1c2ccc(/C=N\NC(=O)c3cc4cc(Cl)ccc4o3)cc2[C@@H](C)CC1(C)C. The van der Waals surface area contributed by atoms with E-state index in [0.29, 0.717) is 22.6 Å². The van der Waals surface area contributed by atoms with Crippen molar-refractivity contribution in [1.29, 1.82) is 0 Å². The minimum atomic E-state index is -0.400. The molecule has 2 aromatic carbocycles. The number of furan rings is 1. The molecule has 0 saturated carbocycles. The molecule has 1 amide bonds. The molecule has 0 aliphatic carbocycles. The van der Waals surface area contributed by atoms with Crippen molar-refractivity contribution in [2.75, 3.05) is 4.90 Å². The van der Waals surface area contributed by atoms with E-state index in [9.17, 15) is 4.79 Å². The van der Waals surface area contributed by atoms with Gasteiger partial charge in [-0.3, -0.25) is 4.79 Å². The van der Waals surface area contributed by atoms with Crippen molar-refractivity contribution in [2.45, 2.75) is 58.5 Å². The molecule has 0 spiro atoms. The van der Waals surface area contributed by atoms with Crippen LogP contribution in [-0.2, 0) is 0 Å². The van der Waals surface area contributed by atoms with Crippen LogP contribution in [0.15, 0.2) is 52.0 Å². The highest BCUT2D eigenvalue weighted by atomic mass is 35.5. The molecule has 1 atom stereocenters. The molecule has 0 radical (unpaired) electrons. The van der Waals surface area contributed by atoms with Crippen molar-refractivity contribution in [3.63, 3.8) is 0 Å². The first-order chi connectivity index (χ1) is 14.7. The molecule has 6 heteroatoms. The number of halogens is 1. The van der Waals surface area contributed by atoms with Gasteiger partial charge in [0.1, 0.15) is 5.58 Å². The maximum Gasteiger partial charge on any atom is 0.307 e. The smallest absolute Gasteiger partial charge is 0.307 e. The van der Waals surface area contributed by atoms with Crippen LogP contribution in [0, 0.1) is 0 Å². The number of hydrazone groups is 1. The number of fused-ring (bicyclic) bond motifs is 2. The van der Waals surface area contributed by atoms with Gasteiger partial charge in [-0.25, -0.2) is 5.43 Å². The van der Waals surface area contributed by atoms with E-state index in [-0.39, 0.29) is 11.3 Å². The highest BCUT2D eigenvalue weighted by Gasteiger charge is 2.37. The maximum atomic E-state index is 12.4. The first-order valence-corrected chi connectivity index (χ1v) is 11.0. The second-order valence-corrected chi connectivity index (χ2v) is 9.63. The van der Waals surface area contributed by atoms with Crippen LogP contribution in [0.3, 0.4) is 0 Å². The van der Waals surface area contributed by atoms with E-state index in [2.05, 4.69) is 62.2 Å². The Kier molecular flexibility index (Phi) is 5.56. The monoisotopic (exact) mass is 437 g/mol. The lowest BCUT2D eigenvalue weighted by Gasteiger charge is -2.50. The average Bonchev–Trinajstić information content (AvgIpc) is 3.10. The summed E-state index contributed by atoms with van der Waals surface area (Å²) in [5, 5.41) is 5.52. The number of nitrogens with one attached hydrogen (secondary N) is 1. The third kappa shape index (κ3) is 4.19. The molecule has 5 nitrogen and oxygen atoms in total. The van der Waals surface area contributed by atoms with E-state index < -0.39 is 5.91 Å². The van der Waals surface area contributed by atoms with Crippen LogP contribution in [0.4, 0.5) is 5.69 Å². The summed E-state index contributed by atoms with van der Waals surface area (Å²) >= 11 is 5.99. The lowest BCUT2D eigenvalue weighted by Crippen LogP contribution is -2.51. The molecule has 3 aromatic rings. The van der Waals surface area contributed by atoms with Crippen LogP contribution < -0.4 is 10.3 Å². The van der Waals surface area contributed by atoms with E-state index in [1.165, 1.54) is 11.3 Å². The number of hydrogen-bond donors (Lipinski definition) is 1. The number of carbonyl (C=O) groups is 1. The summed E-state index contributed by atoms with van der Waals surface area (Å²) in [6, 6.07) is 13.7. The van der Waals surface area contributed by atoms with Crippen LogP contribution in [0.25, 0.3) is 11.0 Å². The predicted molar refractivity (Wildman–Crippen MR) is 127 cm³/mol. The molecule has 0 unspecified atom stereocenters. The van der Waals surface area contributed by atoms with Crippen LogP contribution in [-0.4, -0.2) is 23.7 Å². The lowest BCUT2D eigenvalue weighted by atomic mass is 9.79. The number of hydrogen-bond acceptors (Lipinski definition) is 4. The van der Waals surface area contributed by atoms with Gasteiger partial charge in [-0.1, -0.05) is 24.6 Å². The van der Waals surface area contributed by atoms with E-state index in [1.807, 2.05) is 6.07 Å². The molecule has 2 heterocycles. The molecular formula is C25H28ClN3O2. The number of carbonyl (C=O) groups excluding carboxylic acids is 1. The molecule has 0 bridgehead atoms. The molecule has 1 aromatic heterocycles. The van der Waals surface area contributed by atoms with Crippen molar-refractivity contribution in [3.05, 3.63) is 64.4 Å². The summed E-state index contributed by atoms with van der Waals surface area (Å²) in [6.07, 6.45) is 2.76. The van der Waals surface area contributed by atoms with E-state index in [0.717, 1.165) is 17.4 Å². The highest BCUT2D eigenvalue weighted by molar-refractivity contribution is 6.31. The van der Waals surface area contributed by atoms with Gasteiger partial charge in [-0.15, -0.1) is 0 Å². The van der Waals surface area contributed by atoms with Crippen molar-refractivity contribution in [3.8, 4) is 0 Å². The standard InChI is InChI=1S/C25H28ClN3O2/c1-15(2)29-21-8-6-17(10-20(21)16(3)13-25(29,4)5)14-27-28-24(30)23-12-18-11-19(26)7-9-22(18)31-23/h6-12,14-16H,13H2,1-5H3,(H,28,30)/b27-14-/t16-/m0/s1. The van der Waals surface area contributed by atoms with Gasteiger partial charge in [-0.05, 0) is 87.6 Å². The van der Waals surface area contributed by atoms with Crippen molar-refractivity contribution in [1.82, 2.24) is 5.43 Å². The van der Waals surface area contributed by atoms with Gasteiger partial charge in [0, 0.05) is 27.7 Å². The van der Waals surface area contributed by atoms with Gasteiger partial charge in [0.15, 0.2) is 5.76 Å². The fraction of sp³-hybridized carbons (Fsp3) is 0.360. The highest BCUT2D eigenvalue weighted by Crippen LogP contribution is 2.44. The molecule has 0 saturated heterocycles. The zero-order valence-corrected chi connectivity index (χ0v) is 19.3. The average molecular weight is 438 g/mol. The predicted octanol–water partition coefficient (Wildman–Crippen LogP) is 6.35. The minimum absolute atomic E-state index is 0.112. The largest absolute Gasteiger partial charge is 0.451 e. The van der Waals surface area contributed by atoms with Gasteiger partial charge in [0.2, 0.25) is 0 Å². The Balaban J connectivity index is 1.52. The Bertz CT molecular complexity index is 1160. The second kappa shape index (κ2) is 8.04. The fourth-order valence-corrected chi connectivity index (χ4v) is 5.06. The van der Waals surface area contributed by atoms with Crippen molar-refractivity contribution in [2.24, 2.45) is 5.10 Å². The normalized spacial score (nSPS) is 18.0. The minimum Gasteiger partial charge on any atom is -0.451 e. The number of anilines is 1. The van der Waals surface area contributed by atoms with Crippen LogP contribution in [0.2, 0.25) is 5.02 Å². The Labute approximate surface area is 188 Å². The van der Waals surface area contributed by atoms with Crippen molar-refractivity contribution >= 4 is 40.4 Å². The Morgan fingerprint density at radius 1 is 1.26 bits per heavy atom. The van der Waals surface area contributed by atoms with Crippen molar-refractivity contribution < 1.29 is 9.21 Å². The number of benzene rings is 2. The molecular weight excluding hydrogens is 410 g/mol. The van der Waals surface area contributed by atoms with Gasteiger partial charge in [0.05, 0.1) is 6.21 Å². The number of nitrogens with zero attached hydrogens (tertiary/aromatic N) is 2. The van der Waals surface area contributed by atoms with Crippen LogP contribution >= 0.6 is 11.6 Å². The van der Waals surface area contributed by atoms with Gasteiger partial charge >= 0.3 is 5.91 Å². The van der Waals surface area contributed by atoms with Gasteiger partial charge in [0.25, 0.3) is 0 Å². The molecule has 162 valence electrons. The zero-order chi connectivity index (χ0) is 22.3. The summed E-state index contributed by atoms with van der Waals surface area (Å²) < 4.78 is 5.58. The molecule has 1 N–H and O–H groups in total. The summed E-state index contributed by atoms with van der Waals surface area (Å²) in [5.74, 6) is 0.247. The van der Waals surface area contributed by atoms with Gasteiger partial charge in [-0.2, -0.15) is 5.10 Å².